The summed E-state index contributed by atoms with van der Waals surface area (Å²) in [4.78, 5) is 11.3. The number of carbonyl (C=O) groups is 1. The van der Waals surface area contributed by atoms with Gasteiger partial charge in [-0.1, -0.05) is 58.1 Å². The quantitative estimate of drug-likeness (QED) is 0.553. The molecule has 0 aromatic heterocycles. The molecule has 1 amide bonds. The highest BCUT2D eigenvalue weighted by molar-refractivity contribution is 5.77. The van der Waals surface area contributed by atoms with Crippen molar-refractivity contribution in [1.29, 1.82) is 0 Å². The van der Waals surface area contributed by atoms with Crippen LogP contribution in [-0.2, 0) is 17.4 Å². The van der Waals surface area contributed by atoms with E-state index in [2.05, 4.69) is 6.92 Å². The minimum atomic E-state index is -4.42. The molecule has 24 heavy (non-hydrogen) atoms. The number of benzene rings is 1. The van der Waals surface area contributed by atoms with Crippen LogP contribution in [0.2, 0.25) is 0 Å². The SMILES string of the molecule is CCCCCCCC(CC)c1c(CC(N)=O)cccc1C(F)(F)F. The Hall–Kier alpha value is -1.52. The van der Waals surface area contributed by atoms with Gasteiger partial charge in [0, 0.05) is 0 Å². The van der Waals surface area contributed by atoms with Crippen molar-refractivity contribution in [2.45, 2.75) is 77.3 Å². The Morgan fingerprint density at radius 1 is 1.12 bits per heavy atom. The van der Waals surface area contributed by atoms with E-state index in [1.54, 1.807) is 6.07 Å². The topological polar surface area (TPSA) is 43.1 Å². The number of nitrogens with two attached hydrogens (primary N) is 1. The second kappa shape index (κ2) is 9.70. The highest BCUT2D eigenvalue weighted by Crippen LogP contribution is 2.40. The van der Waals surface area contributed by atoms with Crippen molar-refractivity contribution in [3.63, 3.8) is 0 Å². The van der Waals surface area contributed by atoms with Crippen LogP contribution < -0.4 is 5.73 Å². The van der Waals surface area contributed by atoms with Crippen molar-refractivity contribution in [3.05, 3.63) is 34.9 Å². The van der Waals surface area contributed by atoms with Crippen molar-refractivity contribution in [1.82, 2.24) is 0 Å². The molecule has 5 heteroatoms. The second-order valence-corrected chi connectivity index (χ2v) is 6.33. The Labute approximate surface area is 142 Å². The molecule has 0 radical (unpaired) electrons. The van der Waals surface area contributed by atoms with E-state index < -0.39 is 17.6 Å². The molecule has 2 N–H and O–H groups in total. The minimum absolute atomic E-state index is 0.147. The number of unbranched alkanes of at least 4 members (excludes halogenated alkanes) is 4. The fourth-order valence-electron chi connectivity index (χ4n) is 3.23. The Kier molecular flexibility index (Phi) is 8.29. The maximum absolute atomic E-state index is 13.4. The average Bonchev–Trinajstić information content (AvgIpc) is 2.50. The molecule has 1 aromatic rings. The summed E-state index contributed by atoms with van der Waals surface area (Å²) < 4.78 is 40.3. The van der Waals surface area contributed by atoms with Gasteiger partial charge in [0.1, 0.15) is 0 Å². The molecule has 0 spiro atoms. The van der Waals surface area contributed by atoms with Gasteiger partial charge in [0.25, 0.3) is 0 Å². The zero-order valence-corrected chi connectivity index (χ0v) is 14.6. The van der Waals surface area contributed by atoms with Crippen molar-refractivity contribution in [3.8, 4) is 0 Å². The number of amides is 1. The normalized spacial score (nSPS) is 13.0. The van der Waals surface area contributed by atoms with E-state index in [0.29, 0.717) is 18.4 Å². The second-order valence-electron chi connectivity index (χ2n) is 6.33. The molecule has 1 aromatic carbocycles. The monoisotopic (exact) mass is 343 g/mol. The first kappa shape index (κ1) is 20.5. The van der Waals surface area contributed by atoms with Crippen LogP contribution in [0.3, 0.4) is 0 Å². The van der Waals surface area contributed by atoms with Gasteiger partial charge in [-0.3, -0.25) is 4.79 Å². The Morgan fingerprint density at radius 2 is 1.79 bits per heavy atom. The molecule has 2 nitrogen and oxygen atoms in total. The summed E-state index contributed by atoms with van der Waals surface area (Å²) >= 11 is 0. The minimum Gasteiger partial charge on any atom is -0.369 e. The standard InChI is InChI=1S/C19H28F3NO/c1-3-5-6-7-8-10-14(4-2)18-15(13-17(23)24)11-9-12-16(18)19(20,21)22/h9,11-12,14H,3-8,10,13H2,1-2H3,(H2,23,24). The first-order valence-corrected chi connectivity index (χ1v) is 8.78. The van der Waals surface area contributed by atoms with Gasteiger partial charge in [-0.15, -0.1) is 0 Å². The fraction of sp³-hybridized carbons (Fsp3) is 0.632. The van der Waals surface area contributed by atoms with Crippen LogP contribution in [0.25, 0.3) is 0 Å². The van der Waals surface area contributed by atoms with E-state index in [1.165, 1.54) is 6.07 Å². The van der Waals surface area contributed by atoms with Crippen molar-refractivity contribution in [2.24, 2.45) is 5.73 Å². The molecule has 1 rings (SSSR count). The van der Waals surface area contributed by atoms with Crippen LogP contribution >= 0.6 is 0 Å². The molecule has 136 valence electrons. The lowest BCUT2D eigenvalue weighted by Gasteiger charge is -2.24. The largest absolute Gasteiger partial charge is 0.416 e. The number of halogens is 3. The predicted molar refractivity (Wildman–Crippen MR) is 90.8 cm³/mol. The lowest BCUT2D eigenvalue weighted by atomic mass is 9.83. The highest BCUT2D eigenvalue weighted by Gasteiger charge is 2.36. The van der Waals surface area contributed by atoms with Gasteiger partial charge in [0.15, 0.2) is 0 Å². The molecule has 0 heterocycles. The molecular weight excluding hydrogens is 315 g/mol. The molecule has 0 fully saturated rings. The van der Waals surface area contributed by atoms with Gasteiger partial charge in [0.2, 0.25) is 5.91 Å². The third kappa shape index (κ3) is 6.17. The van der Waals surface area contributed by atoms with E-state index in [-0.39, 0.29) is 17.9 Å². The summed E-state index contributed by atoms with van der Waals surface area (Å²) in [5.41, 5.74) is 5.29. The molecule has 1 unspecified atom stereocenters. The fourth-order valence-corrected chi connectivity index (χ4v) is 3.23. The van der Waals surface area contributed by atoms with Gasteiger partial charge in [0.05, 0.1) is 12.0 Å². The molecule has 0 bridgehead atoms. The first-order valence-electron chi connectivity index (χ1n) is 8.78. The number of alkyl halides is 3. The van der Waals surface area contributed by atoms with Crippen molar-refractivity contribution in [2.75, 3.05) is 0 Å². The van der Waals surface area contributed by atoms with Gasteiger partial charge in [-0.2, -0.15) is 13.2 Å². The zero-order valence-electron chi connectivity index (χ0n) is 14.6. The van der Waals surface area contributed by atoms with E-state index in [9.17, 15) is 18.0 Å². The maximum Gasteiger partial charge on any atom is 0.416 e. The summed E-state index contributed by atoms with van der Waals surface area (Å²) in [5, 5.41) is 0. The Bertz CT molecular complexity index is 526. The van der Waals surface area contributed by atoms with E-state index >= 15 is 0 Å². The van der Waals surface area contributed by atoms with Crippen LogP contribution in [0, 0.1) is 0 Å². The highest BCUT2D eigenvalue weighted by atomic mass is 19.4. The lowest BCUT2D eigenvalue weighted by Crippen LogP contribution is -2.19. The summed E-state index contributed by atoms with van der Waals surface area (Å²) in [6.45, 7) is 4.03. The van der Waals surface area contributed by atoms with Crippen LogP contribution in [0.15, 0.2) is 18.2 Å². The molecule has 0 aliphatic rings. The molecule has 0 aliphatic heterocycles. The summed E-state index contributed by atoms with van der Waals surface area (Å²) in [7, 11) is 0. The molecule has 0 saturated heterocycles. The van der Waals surface area contributed by atoms with Crippen LogP contribution in [0.1, 0.15) is 81.4 Å². The van der Waals surface area contributed by atoms with E-state index in [1.807, 2.05) is 6.92 Å². The zero-order chi connectivity index (χ0) is 18.2. The lowest BCUT2D eigenvalue weighted by molar-refractivity contribution is -0.138. The van der Waals surface area contributed by atoms with Crippen LogP contribution in [0.4, 0.5) is 13.2 Å². The number of primary amides is 1. The number of hydrogen-bond acceptors (Lipinski definition) is 1. The van der Waals surface area contributed by atoms with Gasteiger partial charge in [-0.05, 0) is 36.0 Å². The van der Waals surface area contributed by atoms with Crippen molar-refractivity contribution < 1.29 is 18.0 Å². The summed E-state index contributed by atoms with van der Waals surface area (Å²) in [6, 6.07) is 4.06. The third-order valence-electron chi connectivity index (χ3n) is 4.42. The Balaban J connectivity index is 3.07. The molecule has 1 atom stereocenters. The number of hydrogen-bond donors (Lipinski definition) is 1. The van der Waals surface area contributed by atoms with E-state index in [4.69, 9.17) is 5.73 Å². The summed E-state index contributed by atoms with van der Waals surface area (Å²) in [6.07, 6.45) is 2.10. The Morgan fingerprint density at radius 3 is 2.33 bits per heavy atom. The predicted octanol–water partition coefficient (Wildman–Crippen LogP) is 5.59. The van der Waals surface area contributed by atoms with Gasteiger partial charge < -0.3 is 5.73 Å². The van der Waals surface area contributed by atoms with Crippen LogP contribution in [0.5, 0.6) is 0 Å². The molecule has 0 aliphatic carbocycles. The van der Waals surface area contributed by atoms with Crippen LogP contribution in [-0.4, -0.2) is 5.91 Å². The molecule has 0 saturated carbocycles. The number of rotatable bonds is 10. The third-order valence-corrected chi connectivity index (χ3v) is 4.42. The van der Waals surface area contributed by atoms with Gasteiger partial charge >= 0.3 is 6.18 Å². The van der Waals surface area contributed by atoms with E-state index in [0.717, 1.165) is 38.2 Å². The number of carbonyl (C=O) groups excluding carboxylic acids is 1. The maximum atomic E-state index is 13.4. The molecular formula is C19H28F3NO. The van der Waals surface area contributed by atoms with Gasteiger partial charge in [-0.25, -0.2) is 0 Å². The first-order chi connectivity index (χ1) is 11.3. The average molecular weight is 343 g/mol. The smallest absolute Gasteiger partial charge is 0.369 e. The summed E-state index contributed by atoms with van der Waals surface area (Å²) in [5.74, 6) is -0.799. The van der Waals surface area contributed by atoms with Crippen molar-refractivity contribution >= 4 is 5.91 Å².